The summed E-state index contributed by atoms with van der Waals surface area (Å²) in [7, 11) is 1.87. The molecule has 9 heteroatoms. The molecule has 2 aromatic heterocycles. The fourth-order valence-electron chi connectivity index (χ4n) is 4.87. The molecule has 0 radical (unpaired) electrons. The number of rotatable bonds is 10. The molecule has 0 atom stereocenters. The number of hydrogen-bond acceptors (Lipinski definition) is 5. The van der Waals surface area contributed by atoms with E-state index in [2.05, 4.69) is 45.8 Å². The lowest BCUT2D eigenvalue weighted by Gasteiger charge is -2.25. The third-order valence-corrected chi connectivity index (χ3v) is 7.60. The molecule has 0 spiro atoms. The van der Waals surface area contributed by atoms with Crippen molar-refractivity contribution in [3.8, 4) is 22.9 Å². The van der Waals surface area contributed by atoms with Gasteiger partial charge in [0.05, 0.1) is 11.4 Å². The molecule has 0 unspecified atom stereocenters. The minimum Gasteiger partial charge on any atom is -0.486 e. The first-order valence-corrected chi connectivity index (χ1v) is 13.8. The topological polar surface area (TPSA) is 57.3 Å². The van der Waals surface area contributed by atoms with E-state index in [1.54, 1.807) is 4.68 Å². The van der Waals surface area contributed by atoms with Crippen molar-refractivity contribution >= 4 is 23.2 Å². The second-order valence-corrected chi connectivity index (χ2v) is 10.4. The van der Waals surface area contributed by atoms with Crippen molar-refractivity contribution in [1.29, 1.82) is 0 Å². The highest BCUT2D eigenvalue weighted by Gasteiger charge is 2.23. The van der Waals surface area contributed by atoms with E-state index in [0.29, 0.717) is 43.2 Å². The van der Waals surface area contributed by atoms with Crippen LogP contribution in [0.2, 0.25) is 10.3 Å². The van der Waals surface area contributed by atoms with Crippen molar-refractivity contribution in [2.45, 2.75) is 52.9 Å². The summed E-state index contributed by atoms with van der Waals surface area (Å²) in [5.41, 5.74) is 5.09. The fourth-order valence-corrected chi connectivity index (χ4v) is 5.35. The lowest BCUT2D eigenvalue weighted by molar-refractivity contribution is 0.170. The molecule has 0 aliphatic carbocycles. The van der Waals surface area contributed by atoms with Gasteiger partial charge in [-0.25, -0.2) is 4.98 Å². The molecule has 0 saturated heterocycles. The predicted molar refractivity (Wildman–Crippen MR) is 151 cm³/mol. The summed E-state index contributed by atoms with van der Waals surface area (Å²) in [5.74, 6) is 2.46. The molecule has 3 heterocycles. The van der Waals surface area contributed by atoms with E-state index < -0.39 is 0 Å². The first-order valence-electron chi connectivity index (χ1n) is 13.0. The summed E-state index contributed by atoms with van der Waals surface area (Å²) < 4.78 is 15.6. The highest BCUT2D eigenvalue weighted by atomic mass is 35.5. The summed E-state index contributed by atoms with van der Waals surface area (Å²) >= 11 is 13.5. The molecule has 1 aliphatic rings. The van der Waals surface area contributed by atoms with E-state index in [1.165, 1.54) is 0 Å². The van der Waals surface area contributed by atoms with Gasteiger partial charge in [-0.05, 0) is 31.0 Å². The summed E-state index contributed by atoms with van der Waals surface area (Å²) in [6.07, 6.45) is 2.12. The molecule has 0 bridgehead atoms. The number of fused-ring (bicyclic) bond motifs is 1. The molecule has 2 aromatic carbocycles. The van der Waals surface area contributed by atoms with Gasteiger partial charge in [-0.2, -0.15) is 5.10 Å². The molecule has 0 amide bonds. The van der Waals surface area contributed by atoms with E-state index in [9.17, 15) is 0 Å². The second-order valence-electron chi connectivity index (χ2n) is 9.65. The molecule has 38 heavy (non-hydrogen) atoms. The molecule has 1 aliphatic heterocycles. The SMILES string of the molecule is CCCCn1c(-c2ccccc2)nc(Cl)c1CN(Cc1ccc2c(c1)OCCO2)Cc1c(C)nn(C)c1Cl. The molecule has 0 saturated carbocycles. The maximum absolute atomic E-state index is 6.85. The normalized spacial score (nSPS) is 12.9. The average Bonchev–Trinajstić information content (AvgIpc) is 3.37. The van der Waals surface area contributed by atoms with Crippen molar-refractivity contribution in [3.63, 3.8) is 0 Å². The summed E-state index contributed by atoms with van der Waals surface area (Å²) in [6.45, 7) is 8.04. The van der Waals surface area contributed by atoms with E-state index in [0.717, 1.165) is 64.8 Å². The number of halogens is 2. The Hall–Kier alpha value is -3.00. The Morgan fingerprint density at radius 1 is 0.974 bits per heavy atom. The molecular weight excluding hydrogens is 521 g/mol. The maximum atomic E-state index is 6.85. The third kappa shape index (κ3) is 5.70. The number of hydrogen-bond donors (Lipinski definition) is 0. The summed E-state index contributed by atoms with van der Waals surface area (Å²) in [5, 5.41) is 5.71. The van der Waals surface area contributed by atoms with Crippen molar-refractivity contribution in [2.75, 3.05) is 13.2 Å². The number of nitrogens with zero attached hydrogens (tertiary/aromatic N) is 5. The minimum absolute atomic E-state index is 0.529. The highest BCUT2D eigenvalue weighted by Crippen LogP contribution is 2.33. The van der Waals surface area contributed by atoms with Crippen LogP contribution in [0.5, 0.6) is 11.5 Å². The van der Waals surface area contributed by atoms with Crippen LogP contribution in [0.1, 0.15) is 42.3 Å². The van der Waals surface area contributed by atoms with Crippen molar-refractivity contribution in [3.05, 3.63) is 81.4 Å². The molecule has 4 aromatic rings. The van der Waals surface area contributed by atoms with Gasteiger partial charge >= 0.3 is 0 Å². The lowest BCUT2D eigenvalue weighted by atomic mass is 10.1. The van der Waals surface area contributed by atoms with Gasteiger partial charge in [-0.15, -0.1) is 0 Å². The van der Waals surface area contributed by atoms with Crippen molar-refractivity contribution in [1.82, 2.24) is 24.2 Å². The van der Waals surface area contributed by atoms with E-state index in [1.807, 2.05) is 38.2 Å². The predicted octanol–water partition coefficient (Wildman–Crippen LogP) is 6.67. The van der Waals surface area contributed by atoms with Gasteiger partial charge in [-0.1, -0.05) is 72.9 Å². The van der Waals surface area contributed by atoms with Crippen LogP contribution in [0.3, 0.4) is 0 Å². The zero-order valence-corrected chi connectivity index (χ0v) is 23.6. The first-order chi connectivity index (χ1) is 18.4. The monoisotopic (exact) mass is 553 g/mol. The van der Waals surface area contributed by atoms with E-state index in [-0.39, 0.29) is 0 Å². The van der Waals surface area contributed by atoms with Crippen LogP contribution in [-0.4, -0.2) is 37.4 Å². The van der Waals surface area contributed by atoms with E-state index in [4.69, 9.17) is 37.7 Å². The molecule has 0 N–H and O–H groups in total. The Balaban J connectivity index is 1.51. The van der Waals surface area contributed by atoms with Crippen LogP contribution >= 0.6 is 23.2 Å². The van der Waals surface area contributed by atoms with E-state index >= 15 is 0 Å². The van der Waals surface area contributed by atoms with Crippen LogP contribution in [0.4, 0.5) is 0 Å². The minimum atomic E-state index is 0.529. The maximum Gasteiger partial charge on any atom is 0.161 e. The van der Waals surface area contributed by atoms with Gasteiger partial charge < -0.3 is 14.0 Å². The third-order valence-electron chi connectivity index (χ3n) is 6.83. The summed E-state index contributed by atoms with van der Waals surface area (Å²) in [6, 6.07) is 16.4. The number of ether oxygens (including phenoxy) is 2. The Morgan fingerprint density at radius 3 is 2.45 bits per heavy atom. The molecule has 200 valence electrons. The standard InChI is InChI=1S/C29H33Cl2N5O2/c1-4-5-13-36-24(27(30)32-29(36)22-9-7-6-8-10-22)19-35(18-23-20(2)33-34(3)28(23)31)17-21-11-12-25-26(16-21)38-15-14-37-25/h6-12,16H,4-5,13-15,17-19H2,1-3H3. The van der Waals surface area contributed by atoms with Crippen molar-refractivity contribution < 1.29 is 9.47 Å². The first kappa shape index (κ1) is 26.6. The number of imidazole rings is 1. The molecule has 0 fully saturated rings. The zero-order chi connectivity index (χ0) is 26.6. The van der Waals surface area contributed by atoms with Gasteiger partial charge in [0.2, 0.25) is 0 Å². The number of aryl methyl sites for hydroxylation is 2. The average molecular weight is 555 g/mol. The molecular formula is C29H33Cl2N5O2. The Labute approximate surface area is 233 Å². The lowest BCUT2D eigenvalue weighted by Crippen LogP contribution is -2.25. The Kier molecular flexibility index (Phi) is 8.27. The number of unbranched alkanes of at least 4 members (excludes halogenated alkanes) is 1. The smallest absolute Gasteiger partial charge is 0.161 e. The van der Waals surface area contributed by atoms with Crippen molar-refractivity contribution in [2.24, 2.45) is 7.05 Å². The van der Waals surface area contributed by atoms with Gasteiger partial charge in [-0.3, -0.25) is 9.58 Å². The zero-order valence-electron chi connectivity index (χ0n) is 22.1. The Bertz CT molecular complexity index is 1400. The van der Waals surface area contributed by atoms with Crippen LogP contribution in [0.25, 0.3) is 11.4 Å². The van der Waals surface area contributed by atoms with Gasteiger partial charge in [0.25, 0.3) is 0 Å². The summed E-state index contributed by atoms with van der Waals surface area (Å²) in [4.78, 5) is 7.16. The molecule has 5 rings (SSSR count). The largest absolute Gasteiger partial charge is 0.486 e. The van der Waals surface area contributed by atoms with Gasteiger partial charge in [0, 0.05) is 44.4 Å². The molecule has 7 nitrogen and oxygen atoms in total. The van der Waals surface area contributed by atoms with Crippen LogP contribution in [0.15, 0.2) is 48.5 Å². The number of aromatic nitrogens is 4. The van der Waals surface area contributed by atoms with Gasteiger partial charge in [0.1, 0.15) is 24.2 Å². The van der Waals surface area contributed by atoms with Crippen LogP contribution < -0.4 is 9.47 Å². The second kappa shape index (κ2) is 11.8. The van der Waals surface area contributed by atoms with Crippen LogP contribution in [0, 0.1) is 6.92 Å². The number of benzene rings is 2. The van der Waals surface area contributed by atoms with Gasteiger partial charge in [0.15, 0.2) is 16.7 Å². The Morgan fingerprint density at radius 2 is 1.74 bits per heavy atom. The quantitative estimate of drug-likeness (QED) is 0.219. The van der Waals surface area contributed by atoms with Crippen LogP contribution in [-0.2, 0) is 33.2 Å². The highest BCUT2D eigenvalue weighted by molar-refractivity contribution is 6.30. The fraction of sp³-hybridized carbons (Fsp3) is 0.379.